The molecule has 0 heterocycles. The van der Waals surface area contributed by atoms with Gasteiger partial charge in [-0.25, -0.2) is 0 Å². The van der Waals surface area contributed by atoms with Crippen LogP contribution in [0.1, 0.15) is 6.92 Å². The van der Waals surface area contributed by atoms with E-state index in [-0.39, 0.29) is 6.61 Å². The number of hydrogen-bond donors (Lipinski definition) is 1. The van der Waals surface area contributed by atoms with Crippen molar-refractivity contribution in [2.45, 2.75) is 6.92 Å². The molecule has 0 saturated heterocycles. The molecule has 0 saturated carbocycles. The highest BCUT2D eigenvalue weighted by atomic mass is 16.3. The molecule has 0 aliphatic rings. The second-order valence-corrected chi connectivity index (χ2v) is 1.79. The van der Waals surface area contributed by atoms with Gasteiger partial charge in [0, 0.05) is 0 Å². The fourth-order valence-corrected chi connectivity index (χ4v) is 0.351. The van der Waals surface area contributed by atoms with Gasteiger partial charge < -0.3 is 5.11 Å². The molecule has 0 atom stereocenters. The molecule has 0 unspecified atom stereocenters. The maximum Gasteiger partial charge on any atom is 0.0642 e. The number of aliphatic hydroxyl groups is 1. The van der Waals surface area contributed by atoms with Crippen molar-refractivity contribution in [3.63, 3.8) is 0 Å². The van der Waals surface area contributed by atoms with Crippen LogP contribution in [0.4, 0.5) is 0 Å². The summed E-state index contributed by atoms with van der Waals surface area (Å²) in [7, 11) is 0. The smallest absolute Gasteiger partial charge is 0.0642 e. The first kappa shape index (κ1) is 8.18. The van der Waals surface area contributed by atoms with Gasteiger partial charge in [0.25, 0.3) is 0 Å². The molecular formula is C8H12O. The van der Waals surface area contributed by atoms with Crippen molar-refractivity contribution in [3.8, 4) is 0 Å². The third-order valence-electron chi connectivity index (χ3n) is 0.877. The molecule has 1 nitrogen and oxygen atoms in total. The number of hydrogen-bond acceptors (Lipinski definition) is 1. The SMILES string of the molecule is C=C/C=C\C=C(/C)CO. The molecular weight excluding hydrogens is 112 g/mol. The molecule has 1 N–H and O–H groups in total. The Morgan fingerprint density at radius 3 is 2.67 bits per heavy atom. The van der Waals surface area contributed by atoms with E-state index in [4.69, 9.17) is 5.11 Å². The van der Waals surface area contributed by atoms with Crippen molar-refractivity contribution >= 4 is 0 Å². The van der Waals surface area contributed by atoms with Crippen LogP contribution in [0.5, 0.6) is 0 Å². The molecule has 0 fully saturated rings. The van der Waals surface area contributed by atoms with Gasteiger partial charge in [0.05, 0.1) is 6.61 Å². The summed E-state index contributed by atoms with van der Waals surface area (Å²) >= 11 is 0. The number of allylic oxidation sites excluding steroid dienone is 4. The standard InChI is InChI=1S/C8H12O/c1-3-4-5-6-8(2)7-9/h3-6,9H,1,7H2,2H3/b5-4-,8-6+. The minimum atomic E-state index is 0.126. The molecule has 0 spiro atoms. The van der Waals surface area contributed by atoms with Gasteiger partial charge in [-0.15, -0.1) is 0 Å². The van der Waals surface area contributed by atoms with E-state index >= 15 is 0 Å². The summed E-state index contributed by atoms with van der Waals surface area (Å²) in [5.74, 6) is 0. The average molecular weight is 124 g/mol. The first-order valence-electron chi connectivity index (χ1n) is 2.87. The third kappa shape index (κ3) is 5.04. The van der Waals surface area contributed by atoms with Crippen LogP contribution in [0.3, 0.4) is 0 Å². The fraction of sp³-hybridized carbons (Fsp3) is 0.250. The van der Waals surface area contributed by atoms with Crippen molar-refractivity contribution in [1.29, 1.82) is 0 Å². The van der Waals surface area contributed by atoms with Gasteiger partial charge in [0.2, 0.25) is 0 Å². The zero-order valence-electron chi connectivity index (χ0n) is 5.67. The van der Waals surface area contributed by atoms with E-state index in [1.807, 2.05) is 25.2 Å². The highest BCUT2D eigenvalue weighted by Gasteiger charge is 1.77. The largest absolute Gasteiger partial charge is 0.392 e. The monoisotopic (exact) mass is 124 g/mol. The van der Waals surface area contributed by atoms with Crippen molar-refractivity contribution in [1.82, 2.24) is 0 Å². The first-order valence-corrected chi connectivity index (χ1v) is 2.87. The first-order chi connectivity index (χ1) is 4.31. The minimum absolute atomic E-state index is 0.126. The lowest BCUT2D eigenvalue weighted by atomic mass is 10.3. The molecule has 0 radical (unpaired) electrons. The Bertz CT molecular complexity index is 132. The summed E-state index contributed by atoms with van der Waals surface area (Å²) in [6.07, 6.45) is 7.21. The van der Waals surface area contributed by atoms with Gasteiger partial charge >= 0.3 is 0 Å². The van der Waals surface area contributed by atoms with Crippen molar-refractivity contribution < 1.29 is 5.11 Å². The third-order valence-corrected chi connectivity index (χ3v) is 0.877. The van der Waals surface area contributed by atoms with Crippen molar-refractivity contribution in [2.24, 2.45) is 0 Å². The van der Waals surface area contributed by atoms with Crippen LogP contribution < -0.4 is 0 Å². The Morgan fingerprint density at radius 1 is 1.56 bits per heavy atom. The quantitative estimate of drug-likeness (QED) is 0.567. The van der Waals surface area contributed by atoms with Gasteiger partial charge in [-0.05, 0) is 12.5 Å². The van der Waals surface area contributed by atoms with Crippen LogP contribution in [0.25, 0.3) is 0 Å². The Labute approximate surface area is 56.0 Å². The summed E-state index contributed by atoms with van der Waals surface area (Å²) in [6.45, 7) is 5.50. The van der Waals surface area contributed by atoms with Crippen LogP contribution in [0, 0.1) is 0 Å². The van der Waals surface area contributed by atoms with Crippen molar-refractivity contribution in [2.75, 3.05) is 6.61 Å². The van der Waals surface area contributed by atoms with E-state index in [9.17, 15) is 0 Å². The summed E-state index contributed by atoms with van der Waals surface area (Å²) in [6, 6.07) is 0. The molecule has 0 aromatic carbocycles. The van der Waals surface area contributed by atoms with Crippen LogP contribution in [-0.4, -0.2) is 11.7 Å². The Kier molecular flexibility index (Phi) is 4.83. The zero-order valence-corrected chi connectivity index (χ0v) is 5.67. The van der Waals surface area contributed by atoms with Gasteiger partial charge in [-0.1, -0.05) is 30.9 Å². The fourth-order valence-electron chi connectivity index (χ4n) is 0.351. The van der Waals surface area contributed by atoms with E-state index < -0.39 is 0 Å². The summed E-state index contributed by atoms with van der Waals surface area (Å²) < 4.78 is 0. The topological polar surface area (TPSA) is 20.2 Å². The number of aliphatic hydroxyl groups excluding tert-OH is 1. The zero-order chi connectivity index (χ0) is 7.11. The normalized spacial score (nSPS) is 12.4. The molecule has 0 bridgehead atoms. The lowest BCUT2D eigenvalue weighted by Crippen LogP contribution is -1.80. The van der Waals surface area contributed by atoms with Crippen LogP contribution in [0.2, 0.25) is 0 Å². The number of rotatable bonds is 3. The maximum atomic E-state index is 8.51. The maximum absolute atomic E-state index is 8.51. The molecule has 0 aromatic heterocycles. The van der Waals surface area contributed by atoms with Gasteiger partial charge in [-0.3, -0.25) is 0 Å². The lowest BCUT2D eigenvalue weighted by Gasteiger charge is -1.86. The highest BCUT2D eigenvalue weighted by molar-refractivity contribution is 5.13. The second-order valence-electron chi connectivity index (χ2n) is 1.79. The van der Waals surface area contributed by atoms with E-state index in [0.717, 1.165) is 5.57 Å². The van der Waals surface area contributed by atoms with E-state index in [1.54, 1.807) is 6.08 Å². The lowest BCUT2D eigenvalue weighted by molar-refractivity contribution is 0.331. The molecule has 0 aliphatic heterocycles. The Balaban J connectivity index is 3.67. The summed E-state index contributed by atoms with van der Waals surface area (Å²) in [4.78, 5) is 0. The van der Waals surface area contributed by atoms with E-state index in [1.165, 1.54) is 0 Å². The molecule has 0 amide bonds. The van der Waals surface area contributed by atoms with Crippen LogP contribution >= 0.6 is 0 Å². The van der Waals surface area contributed by atoms with Gasteiger partial charge in [-0.2, -0.15) is 0 Å². The van der Waals surface area contributed by atoms with Crippen LogP contribution in [0.15, 0.2) is 36.5 Å². The molecule has 0 aliphatic carbocycles. The second kappa shape index (κ2) is 5.32. The van der Waals surface area contributed by atoms with Crippen LogP contribution in [-0.2, 0) is 0 Å². The predicted molar refractivity (Wildman–Crippen MR) is 40.2 cm³/mol. The highest BCUT2D eigenvalue weighted by Crippen LogP contribution is 1.89. The Morgan fingerprint density at radius 2 is 2.22 bits per heavy atom. The average Bonchev–Trinajstić information content (AvgIpc) is 1.89. The molecule has 0 rings (SSSR count). The molecule has 9 heavy (non-hydrogen) atoms. The summed E-state index contributed by atoms with van der Waals surface area (Å²) in [5.41, 5.74) is 0.952. The Hall–Kier alpha value is -0.820. The molecule has 0 aromatic rings. The molecule has 1 heteroatoms. The van der Waals surface area contributed by atoms with E-state index in [0.29, 0.717) is 0 Å². The molecule has 50 valence electrons. The van der Waals surface area contributed by atoms with E-state index in [2.05, 4.69) is 6.58 Å². The minimum Gasteiger partial charge on any atom is -0.392 e. The predicted octanol–water partition coefficient (Wildman–Crippen LogP) is 1.67. The summed E-state index contributed by atoms with van der Waals surface area (Å²) in [5, 5.41) is 8.51. The van der Waals surface area contributed by atoms with Gasteiger partial charge in [0.1, 0.15) is 0 Å². The van der Waals surface area contributed by atoms with Crippen molar-refractivity contribution in [3.05, 3.63) is 36.5 Å². The van der Waals surface area contributed by atoms with Gasteiger partial charge in [0.15, 0.2) is 0 Å².